The second kappa shape index (κ2) is 5.44. The standard InChI is InChI=1S/C12H23NOS/c1-10(11-4-2-3-5-11)13-12-6-8-15(14)9-7-12/h10-13H,2-9H2,1H3. The molecule has 0 aromatic carbocycles. The number of rotatable bonds is 3. The van der Waals surface area contributed by atoms with E-state index in [0.717, 1.165) is 30.3 Å². The summed E-state index contributed by atoms with van der Waals surface area (Å²) in [7, 11) is -0.518. The van der Waals surface area contributed by atoms with Gasteiger partial charge in [0, 0.05) is 34.4 Å². The van der Waals surface area contributed by atoms with Gasteiger partial charge in [0.15, 0.2) is 0 Å². The van der Waals surface area contributed by atoms with Gasteiger partial charge in [0.2, 0.25) is 0 Å². The minimum atomic E-state index is -0.518. The molecule has 3 heteroatoms. The van der Waals surface area contributed by atoms with Crippen LogP contribution >= 0.6 is 0 Å². The normalized spacial score (nSPS) is 35.5. The van der Waals surface area contributed by atoms with Crippen molar-refractivity contribution in [2.45, 2.75) is 57.5 Å². The molecule has 0 radical (unpaired) electrons. The Balaban J connectivity index is 1.73. The first-order valence-electron chi connectivity index (χ1n) is 6.37. The molecule has 2 fully saturated rings. The van der Waals surface area contributed by atoms with E-state index < -0.39 is 10.8 Å². The van der Waals surface area contributed by atoms with Crippen molar-refractivity contribution in [2.75, 3.05) is 11.5 Å². The largest absolute Gasteiger partial charge is 0.311 e. The summed E-state index contributed by atoms with van der Waals surface area (Å²) in [6, 6.07) is 1.31. The Morgan fingerprint density at radius 2 is 1.73 bits per heavy atom. The van der Waals surface area contributed by atoms with Crippen LogP contribution in [0.1, 0.15) is 45.4 Å². The summed E-state index contributed by atoms with van der Waals surface area (Å²) in [5.41, 5.74) is 0. The van der Waals surface area contributed by atoms with E-state index in [4.69, 9.17) is 0 Å². The van der Waals surface area contributed by atoms with Gasteiger partial charge >= 0.3 is 0 Å². The van der Waals surface area contributed by atoms with Crippen molar-refractivity contribution < 1.29 is 4.21 Å². The maximum atomic E-state index is 11.2. The maximum Gasteiger partial charge on any atom is 0.0249 e. The molecule has 88 valence electrons. The van der Waals surface area contributed by atoms with Crippen LogP contribution in [0.25, 0.3) is 0 Å². The van der Waals surface area contributed by atoms with Gasteiger partial charge in [-0.25, -0.2) is 0 Å². The zero-order chi connectivity index (χ0) is 10.7. The quantitative estimate of drug-likeness (QED) is 0.802. The third-order valence-corrected chi connectivity index (χ3v) is 5.38. The Hall–Kier alpha value is 0.110. The van der Waals surface area contributed by atoms with Crippen LogP contribution in [-0.2, 0) is 10.8 Å². The molecule has 1 heterocycles. The second-order valence-electron chi connectivity index (χ2n) is 5.12. The maximum absolute atomic E-state index is 11.2. The molecule has 0 spiro atoms. The molecular weight excluding hydrogens is 206 g/mol. The molecule has 1 atom stereocenters. The third-order valence-electron chi connectivity index (χ3n) is 3.99. The van der Waals surface area contributed by atoms with Crippen LogP contribution in [0.2, 0.25) is 0 Å². The Morgan fingerprint density at radius 3 is 2.33 bits per heavy atom. The highest BCUT2D eigenvalue weighted by atomic mass is 32.2. The molecular formula is C12H23NOS. The highest BCUT2D eigenvalue weighted by molar-refractivity contribution is 7.85. The molecule has 1 unspecified atom stereocenters. The fourth-order valence-electron chi connectivity index (χ4n) is 2.93. The molecule has 0 bridgehead atoms. The van der Waals surface area contributed by atoms with Gasteiger partial charge in [-0.15, -0.1) is 0 Å². The summed E-state index contributed by atoms with van der Waals surface area (Å²) in [5.74, 6) is 2.72. The lowest BCUT2D eigenvalue weighted by molar-refractivity contribution is 0.329. The first-order valence-corrected chi connectivity index (χ1v) is 7.85. The minimum absolute atomic E-state index is 0.518. The minimum Gasteiger partial charge on any atom is -0.311 e. The van der Waals surface area contributed by atoms with Gasteiger partial charge in [0.25, 0.3) is 0 Å². The summed E-state index contributed by atoms with van der Waals surface area (Å²) in [5, 5.41) is 3.75. The average molecular weight is 229 g/mol. The first kappa shape index (κ1) is 11.6. The van der Waals surface area contributed by atoms with Crippen molar-refractivity contribution in [3.05, 3.63) is 0 Å². The van der Waals surface area contributed by atoms with Crippen molar-refractivity contribution in [3.63, 3.8) is 0 Å². The first-order chi connectivity index (χ1) is 7.25. The van der Waals surface area contributed by atoms with Crippen LogP contribution in [-0.4, -0.2) is 27.8 Å². The summed E-state index contributed by atoms with van der Waals surface area (Å²) in [6.07, 6.45) is 7.89. The Labute approximate surface area is 95.7 Å². The topological polar surface area (TPSA) is 29.1 Å². The summed E-state index contributed by atoms with van der Waals surface area (Å²) in [6.45, 7) is 2.33. The van der Waals surface area contributed by atoms with E-state index in [9.17, 15) is 4.21 Å². The van der Waals surface area contributed by atoms with E-state index in [2.05, 4.69) is 12.2 Å². The van der Waals surface area contributed by atoms with Gasteiger partial charge in [-0.3, -0.25) is 4.21 Å². The fraction of sp³-hybridized carbons (Fsp3) is 1.00. The van der Waals surface area contributed by atoms with Crippen LogP contribution in [0.5, 0.6) is 0 Å². The average Bonchev–Trinajstić information content (AvgIpc) is 2.74. The van der Waals surface area contributed by atoms with E-state index >= 15 is 0 Å². The predicted molar refractivity (Wildman–Crippen MR) is 65.5 cm³/mol. The molecule has 0 aromatic rings. The van der Waals surface area contributed by atoms with Gasteiger partial charge in [-0.1, -0.05) is 12.8 Å². The van der Waals surface area contributed by atoms with Gasteiger partial charge in [-0.05, 0) is 38.5 Å². The lowest BCUT2D eigenvalue weighted by Gasteiger charge is -2.29. The van der Waals surface area contributed by atoms with Crippen molar-refractivity contribution >= 4 is 10.8 Å². The van der Waals surface area contributed by atoms with Gasteiger partial charge in [-0.2, -0.15) is 0 Å². The van der Waals surface area contributed by atoms with Crippen LogP contribution in [0.15, 0.2) is 0 Å². The lowest BCUT2D eigenvalue weighted by atomic mass is 9.98. The molecule has 1 saturated heterocycles. The van der Waals surface area contributed by atoms with Crippen LogP contribution in [0.3, 0.4) is 0 Å². The predicted octanol–water partition coefficient (Wildman–Crippen LogP) is 2.07. The molecule has 0 aromatic heterocycles. The lowest BCUT2D eigenvalue weighted by Crippen LogP contribution is -2.43. The Kier molecular flexibility index (Phi) is 4.21. The van der Waals surface area contributed by atoms with Gasteiger partial charge in [0.1, 0.15) is 0 Å². The van der Waals surface area contributed by atoms with E-state index in [1.165, 1.54) is 25.7 Å². The van der Waals surface area contributed by atoms with Crippen LogP contribution in [0.4, 0.5) is 0 Å². The number of hydrogen-bond donors (Lipinski definition) is 1. The van der Waals surface area contributed by atoms with Crippen molar-refractivity contribution in [2.24, 2.45) is 5.92 Å². The molecule has 1 saturated carbocycles. The van der Waals surface area contributed by atoms with Crippen LogP contribution < -0.4 is 5.32 Å². The number of nitrogens with one attached hydrogen (secondary N) is 1. The smallest absolute Gasteiger partial charge is 0.0249 e. The third kappa shape index (κ3) is 3.28. The van der Waals surface area contributed by atoms with Gasteiger partial charge < -0.3 is 5.32 Å². The molecule has 2 nitrogen and oxygen atoms in total. The monoisotopic (exact) mass is 229 g/mol. The highest BCUT2D eigenvalue weighted by Gasteiger charge is 2.25. The molecule has 1 N–H and O–H groups in total. The molecule has 0 amide bonds. The van der Waals surface area contributed by atoms with E-state index in [1.54, 1.807) is 0 Å². The van der Waals surface area contributed by atoms with Crippen molar-refractivity contribution in [3.8, 4) is 0 Å². The molecule has 1 aliphatic heterocycles. The Morgan fingerprint density at radius 1 is 1.13 bits per heavy atom. The molecule has 2 rings (SSSR count). The van der Waals surface area contributed by atoms with Crippen LogP contribution in [0, 0.1) is 5.92 Å². The zero-order valence-electron chi connectivity index (χ0n) is 9.71. The summed E-state index contributed by atoms with van der Waals surface area (Å²) >= 11 is 0. The number of hydrogen-bond acceptors (Lipinski definition) is 2. The molecule has 2 aliphatic rings. The van der Waals surface area contributed by atoms with Crippen molar-refractivity contribution in [1.82, 2.24) is 5.32 Å². The summed E-state index contributed by atoms with van der Waals surface area (Å²) < 4.78 is 11.2. The molecule has 15 heavy (non-hydrogen) atoms. The molecule has 1 aliphatic carbocycles. The zero-order valence-corrected chi connectivity index (χ0v) is 10.5. The van der Waals surface area contributed by atoms with E-state index in [0.29, 0.717) is 12.1 Å². The van der Waals surface area contributed by atoms with E-state index in [-0.39, 0.29) is 0 Å². The fourth-order valence-corrected chi connectivity index (χ4v) is 4.22. The van der Waals surface area contributed by atoms with Crippen molar-refractivity contribution in [1.29, 1.82) is 0 Å². The highest BCUT2D eigenvalue weighted by Crippen LogP contribution is 2.28. The van der Waals surface area contributed by atoms with Gasteiger partial charge in [0.05, 0.1) is 0 Å². The van der Waals surface area contributed by atoms with E-state index in [1.807, 2.05) is 0 Å². The SMILES string of the molecule is CC(NC1CCS(=O)CC1)C1CCCC1. The summed E-state index contributed by atoms with van der Waals surface area (Å²) in [4.78, 5) is 0. The second-order valence-corrected chi connectivity index (χ2v) is 6.82. The Bertz CT molecular complexity index is 216.